The summed E-state index contributed by atoms with van der Waals surface area (Å²) in [6.45, 7) is 3.84. The maximum absolute atomic E-state index is 14.0. The van der Waals surface area contributed by atoms with Crippen molar-refractivity contribution in [3.8, 4) is 5.75 Å². The number of ketones is 2. The van der Waals surface area contributed by atoms with Crippen molar-refractivity contribution in [3.63, 3.8) is 0 Å². The zero-order chi connectivity index (χ0) is 30.7. The number of phenols is 1. The highest BCUT2D eigenvalue weighted by molar-refractivity contribution is 6.24. The molecule has 0 aromatic heterocycles. The second-order valence-electron chi connectivity index (χ2n) is 11.6. The number of carbonyl (C=O) groups excluding carboxylic acids is 4. The molecule has 1 fully saturated rings. The average molecular weight is 573 g/mol. The van der Waals surface area contributed by atoms with Gasteiger partial charge in [0.15, 0.2) is 17.1 Å². The van der Waals surface area contributed by atoms with E-state index < -0.39 is 69.9 Å². The fourth-order valence-electron chi connectivity index (χ4n) is 6.17. The number of Topliss-reactive ketones (excluding diaryl/α,β-unsaturated/α-hetero) is 2. The number of rotatable bonds is 6. The maximum Gasteiger partial charge on any atom is 0.411 e. The molecular weight excluding hydrogens is 536 g/mol. The summed E-state index contributed by atoms with van der Waals surface area (Å²) in [6.07, 6.45) is -0.741. The smallest absolute Gasteiger partial charge is 0.411 e. The van der Waals surface area contributed by atoms with Crippen LogP contribution in [0, 0.1) is 17.8 Å². The van der Waals surface area contributed by atoms with E-state index in [4.69, 9.17) is 10.5 Å². The molecule has 0 bridgehead atoms. The monoisotopic (exact) mass is 572 g/mol. The van der Waals surface area contributed by atoms with Gasteiger partial charge in [-0.05, 0) is 50.4 Å². The number of ether oxygens (including phenoxy) is 1. The third kappa shape index (κ3) is 4.58. The molecule has 41 heavy (non-hydrogen) atoms. The van der Waals surface area contributed by atoms with Crippen LogP contribution in [0.2, 0.25) is 0 Å². The van der Waals surface area contributed by atoms with Crippen molar-refractivity contribution >= 4 is 40.7 Å². The Kier molecular flexibility index (Phi) is 7.56. The first-order valence-electron chi connectivity index (χ1n) is 13.2. The second kappa shape index (κ2) is 10.4. The van der Waals surface area contributed by atoms with E-state index in [0.717, 1.165) is 0 Å². The summed E-state index contributed by atoms with van der Waals surface area (Å²) in [5.74, 6) is -7.39. The van der Waals surface area contributed by atoms with Gasteiger partial charge in [0.25, 0.3) is 5.91 Å². The molecule has 1 unspecified atom stereocenters. The number of aliphatic hydroxyl groups excluding tert-OH is 2. The fraction of sp³-hybridized carbons (Fsp3) is 0.500. The van der Waals surface area contributed by atoms with Crippen LogP contribution in [0.5, 0.6) is 5.75 Å². The molecule has 0 saturated heterocycles. The quantitative estimate of drug-likeness (QED) is 0.211. The van der Waals surface area contributed by atoms with Gasteiger partial charge in [-0.25, -0.2) is 4.79 Å². The number of benzene rings is 1. The summed E-state index contributed by atoms with van der Waals surface area (Å²) in [7, 11) is 6.53. The first-order valence-corrected chi connectivity index (χ1v) is 13.2. The summed E-state index contributed by atoms with van der Waals surface area (Å²) >= 11 is 0. The lowest BCUT2D eigenvalue weighted by atomic mass is 9.57. The first-order chi connectivity index (χ1) is 19.0. The molecule has 222 valence electrons. The van der Waals surface area contributed by atoms with E-state index in [1.807, 2.05) is 13.8 Å². The van der Waals surface area contributed by atoms with E-state index in [1.54, 1.807) is 19.0 Å². The van der Waals surface area contributed by atoms with Crippen molar-refractivity contribution < 1.29 is 44.3 Å². The Hall–Kier alpha value is -4.10. The van der Waals surface area contributed by atoms with Gasteiger partial charge < -0.3 is 35.8 Å². The molecule has 3 aliphatic rings. The standard InChI is InChI=1S/C28H36N4O9/c1-11(2)10-41-27(39)30-15-9-16(31(3)4)13-7-12-8-14-20(32(5)6)23(35)19(26(29)38)25(37)28(14,40)24(36)17(12)22(34)18(13)21(15)33/h9,11-12,14,20,33-34,37,40H,7-8,10H2,1-6H3,(H2,29,38)(H,30,39)/t12-,14-,20?,28-/m1/s1. The van der Waals surface area contributed by atoms with Crippen LogP contribution in [0.4, 0.5) is 16.2 Å². The summed E-state index contributed by atoms with van der Waals surface area (Å²) in [6, 6.07) is 0.349. The highest BCUT2D eigenvalue weighted by atomic mass is 16.5. The molecule has 2 amide bonds. The number of nitrogens with two attached hydrogens (primary N) is 1. The molecule has 13 nitrogen and oxygen atoms in total. The molecule has 3 aliphatic carbocycles. The number of primary amides is 1. The van der Waals surface area contributed by atoms with Crippen molar-refractivity contribution in [1.29, 1.82) is 0 Å². The van der Waals surface area contributed by atoms with Gasteiger partial charge in [0.1, 0.15) is 17.1 Å². The molecule has 4 atom stereocenters. The van der Waals surface area contributed by atoms with Crippen LogP contribution in [0.1, 0.15) is 31.4 Å². The molecule has 13 heteroatoms. The van der Waals surface area contributed by atoms with Crippen molar-refractivity contribution in [1.82, 2.24) is 4.90 Å². The molecule has 1 aromatic carbocycles. The van der Waals surface area contributed by atoms with Crippen molar-refractivity contribution in [2.24, 2.45) is 23.5 Å². The van der Waals surface area contributed by atoms with Crippen LogP contribution in [-0.4, -0.2) is 95.3 Å². The summed E-state index contributed by atoms with van der Waals surface area (Å²) < 4.78 is 5.15. The molecule has 1 saturated carbocycles. The number of aromatic hydroxyl groups is 1. The number of aliphatic hydroxyl groups is 3. The lowest BCUT2D eigenvalue weighted by Crippen LogP contribution is -2.65. The van der Waals surface area contributed by atoms with Gasteiger partial charge in [0, 0.05) is 31.3 Å². The number of fused-ring (bicyclic) bond motifs is 3. The van der Waals surface area contributed by atoms with Gasteiger partial charge >= 0.3 is 6.09 Å². The third-order valence-corrected chi connectivity index (χ3v) is 7.96. The number of likely N-dealkylation sites (N-methyl/N-ethyl adjacent to an activating group) is 1. The largest absolute Gasteiger partial charge is 0.508 e. The van der Waals surface area contributed by atoms with Gasteiger partial charge in [-0.1, -0.05) is 13.8 Å². The minimum Gasteiger partial charge on any atom is -0.508 e. The molecule has 0 heterocycles. The van der Waals surface area contributed by atoms with Crippen LogP contribution in [0.3, 0.4) is 0 Å². The number of phenolic OH excluding ortho intramolecular Hbond substituents is 1. The van der Waals surface area contributed by atoms with E-state index in [2.05, 4.69) is 5.32 Å². The number of nitrogens with one attached hydrogen (secondary N) is 1. The number of hydrogen-bond donors (Lipinski definition) is 6. The van der Waals surface area contributed by atoms with Crippen molar-refractivity contribution in [2.75, 3.05) is 45.0 Å². The first kappa shape index (κ1) is 29.9. The Bertz CT molecular complexity index is 1410. The van der Waals surface area contributed by atoms with Crippen LogP contribution in [0.15, 0.2) is 23.0 Å². The van der Waals surface area contributed by atoms with Crippen LogP contribution < -0.4 is 16.0 Å². The molecule has 4 rings (SSSR count). The summed E-state index contributed by atoms with van der Waals surface area (Å²) in [5.41, 5.74) is 2.24. The fourth-order valence-corrected chi connectivity index (χ4v) is 6.17. The summed E-state index contributed by atoms with van der Waals surface area (Å²) in [5, 5.41) is 47.9. The molecular formula is C28H36N4O9. The van der Waals surface area contributed by atoms with Gasteiger partial charge in [-0.2, -0.15) is 0 Å². The zero-order valence-electron chi connectivity index (χ0n) is 23.8. The molecule has 7 N–H and O–H groups in total. The predicted molar refractivity (Wildman–Crippen MR) is 148 cm³/mol. The Morgan fingerprint density at radius 2 is 1.80 bits per heavy atom. The van der Waals surface area contributed by atoms with Crippen LogP contribution in [-0.2, 0) is 25.5 Å². The van der Waals surface area contributed by atoms with E-state index in [1.165, 1.54) is 25.1 Å². The maximum atomic E-state index is 14.0. The van der Waals surface area contributed by atoms with E-state index in [-0.39, 0.29) is 42.2 Å². The van der Waals surface area contributed by atoms with Crippen molar-refractivity contribution in [2.45, 2.75) is 38.3 Å². The van der Waals surface area contributed by atoms with Gasteiger partial charge in [0.05, 0.1) is 23.9 Å². The lowest BCUT2D eigenvalue weighted by Gasteiger charge is -2.50. The van der Waals surface area contributed by atoms with E-state index in [0.29, 0.717) is 11.3 Å². The van der Waals surface area contributed by atoms with Crippen LogP contribution in [0.25, 0.3) is 5.76 Å². The highest BCUT2D eigenvalue weighted by Crippen LogP contribution is 2.54. The van der Waals surface area contributed by atoms with Crippen molar-refractivity contribution in [3.05, 3.63) is 34.1 Å². The number of amides is 2. The van der Waals surface area contributed by atoms with Gasteiger partial charge in [-0.15, -0.1) is 0 Å². The van der Waals surface area contributed by atoms with E-state index in [9.17, 15) is 39.6 Å². The Balaban J connectivity index is 1.91. The number of anilines is 2. The molecule has 0 aliphatic heterocycles. The Labute approximate surface area is 236 Å². The minimum atomic E-state index is -2.74. The minimum absolute atomic E-state index is 0.0269. The van der Waals surface area contributed by atoms with Gasteiger partial charge in [0.2, 0.25) is 5.78 Å². The lowest BCUT2D eigenvalue weighted by molar-refractivity contribution is -0.153. The van der Waals surface area contributed by atoms with Gasteiger partial charge in [-0.3, -0.25) is 24.6 Å². The molecule has 1 aromatic rings. The topological polar surface area (TPSA) is 203 Å². The predicted octanol–water partition coefficient (Wildman–Crippen LogP) is 1.23. The Morgan fingerprint density at radius 3 is 2.34 bits per heavy atom. The zero-order valence-corrected chi connectivity index (χ0v) is 23.8. The molecule has 0 radical (unpaired) electrons. The SMILES string of the molecule is CC(C)COC(=O)Nc1cc(N(C)C)c2c(c1O)C(O)=C1C(=O)[C@@]3(O)C(O)=C(C(N)=O)C(=O)C(N(C)C)[C@H]3C[C@H]1C2. The summed E-state index contributed by atoms with van der Waals surface area (Å²) in [4.78, 5) is 54.9. The second-order valence-corrected chi connectivity index (χ2v) is 11.6. The Morgan fingerprint density at radius 1 is 1.17 bits per heavy atom. The average Bonchev–Trinajstić information content (AvgIpc) is 2.85. The normalized spacial score (nSPS) is 25.6. The number of carbonyl (C=O) groups is 4. The highest BCUT2D eigenvalue weighted by Gasteiger charge is 2.64. The number of hydrogen-bond acceptors (Lipinski definition) is 11. The van der Waals surface area contributed by atoms with E-state index >= 15 is 0 Å². The third-order valence-electron chi connectivity index (χ3n) is 7.96. The molecule has 0 spiro atoms. The number of nitrogens with zero attached hydrogens (tertiary/aromatic N) is 2. The van der Waals surface area contributed by atoms with Crippen LogP contribution >= 0.6 is 0 Å².